The number of carboxylic acids is 1. The maximum Gasteiger partial charge on any atom is 0.329 e. The Bertz CT molecular complexity index is 1380. The average Bonchev–Trinajstić information content (AvgIpc) is 3.65. The molecule has 2 aromatic heterocycles. The third kappa shape index (κ3) is 7.31. The maximum absolute atomic E-state index is 13.7. The van der Waals surface area contributed by atoms with Crippen molar-refractivity contribution in [3.63, 3.8) is 0 Å². The molecule has 2 N–H and O–H groups in total. The fraction of sp³-hybridized carbons (Fsp3) is 0.286. The predicted octanol–water partition coefficient (Wildman–Crippen LogP) is 5.43. The number of halogens is 1. The van der Waals surface area contributed by atoms with Crippen LogP contribution < -0.4 is 5.32 Å². The molecular formula is C28H29FN4O4S2. The van der Waals surface area contributed by atoms with Gasteiger partial charge in [-0.1, -0.05) is 18.2 Å². The van der Waals surface area contributed by atoms with E-state index in [2.05, 4.69) is 15.3 Å². The van der Waals surface area contributed by atoms with Gasteiger partial charge >= 0.3 is 5.97 Å². The molecule has 8 nitrogen and oxygen atoms in total. The molecule has 204 valence electrons. The number of amides is 1. The highest BCUT2D eigenvalue weighted by Gasteiger charge is 2.35. The molecule has 1 unspecified atom stereocenters. The smallest absolute Gasteiger partial charge is 0.329 e. The van der Waals surface area contributed by atoms with Crippen LogP contribution in [-0.2, 0) is 22.7 Å². The molecule has 0 aliphatic heterocycles. The van der Waals surface area contributed by atoms with Gasteiger partial charge in [0.25, 0.3) is 5.91 Å². The van der Waals surface area contributed by atoms with Crippen molar-refractivity contribution in [3.05, 3.63) is 94.7 Å². The standard InChI is InChI=1S/C28H29FN4O4S2/c1-28(27(35)36,9-13-38-2)32-25(34)22-8-3-19(15-23(22)20-4-6-21(29)7-5-20)17-37-24(26-31-11-14-39-26)16-33-12-10-30-18-33/h3-8,10-12,14-15,18,24H,9,13,16-17H2,1-2H3,(H,32,34)(H,35,36)/t24?,28-/m0/s1. The monoisotopic (exact) mass is 568 g/mol. The van der Waals surface area contributed by atoms with Crippen molar-refractivity contribution in [1.82, 2.24) is 19.9 Å². The first-order chi connectivity index (χ1) is 18.8. The second-order valence-corrected chi connectivity index (χ2v) is 11.1. The summed E-state index contributed by atoms with van der Waals surface area (Å²) in [6.45, 7) is 2.26. The molecule has 0 bridgehead atoms. The second-order valence-electron chi connectivity index (χ2n) is 9.15. The topological polar surface area (TPSA) is 106 Å². The first-order valence-corrected chi connectivity index (χ1v) is 14.5. The molecule has 4 aromatic rings. The third-order valence-electron chi connectivity index (χ3n) is 6.27. The molecular weight excluding hydrogens is 539 g/mol. The van der Waals surface area contributed by atoms with Gasteiger partial charge in [-0.05, 0) is 66.3 Å². The minimum Gasteiger partial charge on any atom is -0.480 e. The molecule has 1 amide bonds. The number of thioether (sulfide) groups is 1. The number of ether oxygens (including phenoxy) is 1. The molecule has 39 heavy (non-hydrogen) atoms. The third-order valence-corrected chi connectivity index (χ3v) is 7.75. The number of carbonyl (C=O) groups excluding carboxylic acids is 1. The molecule has 0 saturated heterocycles. The average molecular weight is 569 g/mol. The lowest BCUT2D eigenvalue weighted by Gasteiger charge is -2.26. The second kappa shape index (κ2) is 13.0. The highest BCUT2D eigenvalue weighted by Crippen LogP contribution is 2.29. The molecule has 0 aliphatic carbocycles. The van der Waals surface area contributed by atoms with Crippen LogP contribution in [0.1, 0.15) is 40.4 Å². The van der Waals surface area contributed by atoms with E-state index in [1.54, 1.807) is 43.0 Å². The molecule has 0 spiro atoms. The summed E-state index contributed by atoms with van der Waals surface area (Å²) < 4.78 is 21.9. The summed E-state index contributed by atoms with van der Waals surface area (Å²) in [6, 6.07) is 11.1. The number of aromatic nitrogens is 3. The highest BCUT2D eigenvalue weighted by atomic mass is 32.2. The van der Waals surface area contributed by atoms with Gasteiger partial charge in [0.05, 0.1) is 19.5 Å². The van der Waals surface area contributed by atoms with Crippen LogP contribution in [0.25, 0.3) is 11.1 Å². The first-order valence-electron chi connectivity index (χ1n) is 12.2. The lowest BCUT2D eigenvalue weighted by molar-refractivity contribution is -0.143. The van der Waals surface area contributed by atoms with Crippen LogP contribution in [0.4, 0.5) is 4.39 Å². The Kier molecular flexibility index (Phi) is 9.50. The Labute approximate surface area is 234 Å². The van der Waals surface area contributed by atoms with Crippen molar-refractivity contribution in [2.24, 2.45) is 0 Å². The number of thiazole rings is 1. The quantitative estimate of drug-likeness (QED) is 0.222. The summed E-state index contributed by atoms with van der Waals surface area (Å²) >= 11 is 3.01. The van der Waals surface area contributed by atoms with Crippen molar-refractivity contribution in [1.29, 1.82) is 0 Å². The van der Waals surface area contributed by atoms with Crippen molar-refractivity contribution in [2.75, 3.05) is 12.0 Å². The lowest BCUT2D eigenvalue weighted by Crippen LogP contribution is -2.52. The fourth-order valence-corrected chi connectivity index (χ4v) is 5.26. The van der Waals surface area contributed by atoms with Crippen molar-refractivity contribution in [2.45, 2.75) is 38.1 Å². The van der Waals surface area contributed by atoms with Gasteiger partial charge in [0.2, 0.25) is 0 Å². The van der Waals surface area contributed by atoms with Crippen LogP contribution >= 0.6 is 23.1 Å². The Morgan fingerprint density at radius 3 is 2.67 bits per heavy atom. The van der Waals surface area contributed by atoms with Crippen LogP contribution in [-0.4, -0.2) is 49.1 Å². The lowest BCUT2D eigenvalue weighted by atomic mass is 9.94. The van der Waals surface area contributed by atoms with Crippen LogP contribution in [0.5, 0.6) is 0 Å². The van der Waals surface area contributed by atoms with Crippen LogP contribution in [0, 0.1) is 5.82 Å². The van der Waals surface area contributed by atoms with Crippen molar-refractivity contribution < 1.29 is 23.8 Å². The zero-order valence-corrected chi connectivity index (χ0v) is 23.2. The van der Waals surface area contributed by atoms with E-state index in [-0.39, 0.29) is 24.7 Å². The normalized spacial score (nSPS) is 13.5. The Hall–Kier alpha value is -3.54. The summed E-state index contributed by atoms with van der Waals surface area (Å²) in [5, 5.41) is 15.2. The summed E-state index contributed by atoms with van der Waals surface area (Å²) in [4.78, 5) is 33.9. The number of nitrogens with one attached hydrogen (secondary N) is 1. The maximum atomic E-state index is 13.7. The Balaban J connectivity index is 1.61. The van der Waals surface area contributed by atoms with Gasteiger partial charge in [-0.15, -0.1) is 11.3 Å². The van der Waals surface area contributed by atoms with Crippen molar-refractivity contribution >= 4 is 35.0 Å². The molecule has 2 atom stereocenters. The molecule has 0 fully saturated rings. The summed E-state index contributed by atoms with van der Waals surface area (Å²) in [7, 11) is 0. The van der Waals surface area contributed by atoms with Crippen LogP contribution in [0.2, 0.25) is 0 Å². The summed E-state index contributed by atoms with van der Waals surface area (Å²) in [5.41, 5.74) is 0.820. The molecule has 0 aliphatic rings. The number of hydrogen-bond acceptors (Lipinski definition) is 7. The minimum atomic E-state index is -1.43. The van der Waals surface area contributed by atoms with E-state index >= 15 is 0 Å². The van der Waals surface area contributed by atoms with E-state index < -0.39 is 23.2 Å². The Morgan fingerprint density at radius 1 is 1.23 bits per heavy atom. The SMILES string of the molecule is CSCC[C@](C)(NC(=O)c1ccc(COC(Cn2ccnc2)c2nccs2)cc1-c1ccc(F)cc1)C(=O)O. The number of rotatable bonds is 13. The number of benzene rings is 2. The van der Waals surface area contributed by atoms with Gasteiger partial charge in [0.1, 0.15) is 22.5 Å². The Morgan fingerprint density at radius 2 is 2.03 bits per heavy atom. The number of imidazole rings is 1. The van der Waals surface area contributed by atoms with E-state index in [9.17, 15) is 19.1 Å². The van der Waals surface area contributed by atoms with Gasteiger partial charge in [0, 0.05) is 29.5 Å². The van der Waals surface area contributed by atoms with Crippen LogP contribution in [0.3, 0.4) is 0 Å². The van der Waals surface area contributed by atoms with Gasteiger partial charge in [-0.3, -0.25) is 4.79 Å². The largest absolute Gasteiger partial charge is 0.480 e. The highest BCUT2D eigenvalue weighted by molar-refractivity contribution is 7.98. The molecule has 2 aromatic carbocycles. The predicted molar refractivity (Wildman–Crippen MR) is 150 cm³/mol. The number of carboxylic acid groups (broad SMARTS) is 1. The van der Waals surface area contributed by atoms with Gasteiger partial charge in [-0.25, -0.2) is 19.2 Å². The van der Waals surface area contributed by atoms with Gasteiger partial charge in [-0.2, -0.15) is 11.8 Å². The van der Waals surface area contributed by atoms with E-state index in [4.69, 9.17) is 4.74 Å². The van der Waals surface area contributed by atoms with E-state index in [1.807, 2.05) is 28.5 Å². The zero-order valence-electron chi connectivity index (χ0n) is 21.5. The molecule has 0 radical (unpaired) electrons. The van der Waals surface area contributed by atoms with Gasteiger partial charge in [0.15, 0.2) is 0 Å². The first kappa shape index (κ1) is 28.5. The van der Waals surface area contributed by atoms with E-state index in [0.29, 0.717) is 23.4 Å². The fourth-order valence-electron chi connectivity index (χ4n) is 3.97. The van der Waals surface area contributed by atoms with E-state index in [0.717, 1.165) is 10.6 Å². The minimum absolute atomic E-state index is 0.232. The molecule has 0 saturated carbocycles. The molecule has 11 heteroatoms. The number of hydrogen-bond donors (Lipinski definition) is 2. The number of nitrogens with zero attached hydrogens (tertiary/aromatic N) is 3. The van der Waals surface area contributed by atoms with Crippen molar-refractivity contribution in [3.8, 4) is 11.1 Å². The summed E-state index contributed by atoms with van der Waals surface area (Å²) in [5.74, 6) is -1.45. The summed E-state index contributed by atoms with van der Waals surface area (Å²) in [6.07, 6.45) is 8.84. The molecule has 4 rings (SSSR count). The van der Waals surface area contributed by atoms with E-state index in [1.165, 1.54) is 42.2 Å². The number of carbonyl (C=O) groups is 2. The van der Waals surface area contributed by atoms with Gasteiger partial charge < -0.3 is 19.7 Å². The number of aliphatic carboxylic acids is 1. The van der Waals surface area contributed by atoms with Crippen LogP contribution in [0.15, 0.2) is 72.8 Å². The molecule has 2 heterocycles. The zero-order chi connectivity index (χ0) is 27.8.